The lowest BCUT2D eigenvalue weighted by molar-refractivity contribution is 0.138. The highest BCUT2D eigenvalue weighted by Gasteiger charge is 2.19. The quantitative estimate of drug-likeness (QED) is 0.889. The second-order valence-corrected chi connectivity index (χ2v) is 4.68. The number of anilines is 1. The van der Waals surface area contributed by atoms with Crippen LogP contribution in [-0.4, -0.2) is 36.6 Å². The molecule has 0 amide bonds. The van der Waals surface area contributed by atoms with Crippen LogP contribution in [0.3, 0.4) is 0 Å². The number of H-pyrrole nitrogens is 1. The van der Waals surface area contributed by atoms with Gasteiger partial charge in [0.05, 0.1) is 26.0 Å². The Kier molecular flexibility index (Phi) is 3.47. The van der Waals surface area contributed by atoms with E-state index in [1.165, 1.54) is 0 Å². The topological polar surface area (TPSA) is 82.4 Å². The van der Waals surface area contributed by atoms with E-state index in [9.17, 15) is 0 Å². The number of benzene rings is 1. The number of nitrogen functional groups attached to an aromatic ring is 1. The second-order valence-electron chi connectivity index (χ2n) is 4.68. The molecular formula is C14H17N3O3. The molecule has 1 aromatic carbocycles. The molecule has 1 unspecified atom stereocenters. The van der Waals surface area contributed by atoms with Crippen molar-refractivity contribution < 1.29 is 14.2 Å². The molecule has 2 aromatic rings. The van der Waals surface area contributed by atoms with Crippen molar-refractivity contribution in [2.45, 2.75) is 12.5 Å². The second kappa shape index (κ2) is 5.42. The van der Waals surface area contributed by atoms with Gasteiger partial charge in [-0.2, -0.15) is 5.10 Å². The van der Waals surface area contributed by atoms with E-state index >= 15 is 0 Å². The van der Waals surface area contributed by atoms with Crippen LogP contribution in [0.5, 0.6) is 11.5 Å². The summed E-state index contributed by atoms with van der Waals surface area (Å²) in [6.45, 7) is 1.38. The van der Waals surface area contributed by atoms with Gasteiger partial charge in [-0.25, -0.2) is 0 Å². The molecule has 1 aliphatic heterocycles. The normalized spacial score (nSPS) is 18.1. The predicted octanol–water partition coefficient (Wildman–Crippen LogP) is 1.84. The first-order valence-corrected chi connectivity index (χ1v) is 6.50. The van der Waals surface area contributed by atoms with Crippen LogP contribution in [-0.2, 0) is 4.74 Å². The summed E-state index contributed by atoms with van der Waals surface area (Å²) < 4.78 is 16.6. The van der Waals surface area contributed by atoms with E-state index in [0.717, 1.165) is 30.0 Å². The van der Waals surface area contributed by atoms with E-state index in [2.05, 4.69) is 10.2 Å². The van der Waals surface area contributed by atoms with Crippen molar-refractivity contribution >= 4 is 5.82 Å². The minimum absolute atomic E-state index is 0.0950. The predicted molar refractivity (Wildman–Crippen MR) is 74.8 cm³/mol. The smallest absolute Gasteiger partial charge is 0.161 e. The molecule has 2 heterocycles. The number of nitrogens with one attached hydrogen (secondary N) is 1. The average molecular weight is 275 g/mol. The lowest BCUT2D eigenvalue weighted by atomic mass is 10.1. The summed E-state index contributed by atoms with van der Waals surface area (Å²) in [5, 5.41) is 6.79. The summed E-state index contributed by atoms with van der Waals surface area (Å²) in [6, 6.07) is 7.52. The number of nitrogens with two attached hydrogens (primary N) is 1. The summed E-state index contributed by atoms with van der Waals surface area (Å²) in [7, 11) is 1.62. The van der Waals surface area contributed by atoms with Crippen molar-refractivity contribution in [3.8, 4) is 22.8 Å². The van der Waals surface area contributed by atoms with Crippen molar-refractivity contribution in [3.05, 3.63) is 24.3 Å². The Hall–Kier alpha value is -2.21. The highest BCUT2D eigenvalue weighted by Crippen LogP contribution is 2.33. The third-order valence-electron chi connectivity index (χ3n) is 3.25. The van der Waals surface area contributed by atoms with Gasteiger partial charge in [-0.05, 0) is 18.2 Å². The summed E-state index contributed by atoms with van der Waals surface area (Å²) in [6.07, 6.45) is 1.000. The van der Waals surface area contributed by atoms with Crippen LogP contribution in [0.4, 0.5) is 5.82 Å². The molecule has 106 valence electrons. The van der Waals surface area contributed by atoms with E-state index in [1.807, 2.05) is 18.2 Å². The SMILES string of the molecule is COc1cc(-c2cc(N)n[nH]2)ccc1OC1CCOC1. The molecule has 0 radical (unpaired) electrons. The molecule has 0 saturated carbocycles. The molecule has 1 aromatic heterocycles. The molecule has 1 atom stereocenters. The van der Waals surface area contributed by atoms with Gasteiger partial charge in [-0.3, -0.25) is 5.10 Å². The Balaban J connectivity index is 1.85. The molecule has 20 heavy (non-hydrogen) atoms. The molecule has 0 aliphatic carbocycles. The van der Waals surface area contributed by atoms with Crippen LogP contribution in [0.15, 0.2) is 24.3 Å². The van der Waals surface area contributed by atoms with E-state index in [-0.39, 0.29) is 6.10 Å². The Morgan fingerprint density at radius 2 is 2.25 bits per heavy atom. The van der Waals surface area contributed by atoms with Gasteiger partial charge in [0, 0.05) is 18.1 Å². The Bertz CT molecular complexity index is 591. The summed E-state index contributed by atoms with van der Waals surface area (Å²) >= 11 is 0. The standard InChI is InChI=1S/C14H17N3O3/c1-18-13-6-9(11-7-14(15)17-16-11)2-3-12(13)20-10-4-5-19-8-10/h2-3,6-7,10H,4-5,8H2,1H3,(H3,15,16,17). The number of rotatable bonds is 4. The highest BCUT2D eigenvalue weighted by molar-refractivity contribution is 5.65. The van der Waals surface area contributed by atoms with Gasteiger partial charge in [0.1, 0.15) is 11.9 Å². The Labute approximate surface area is 116 Å². The van der Waals surface area contributed by atoms with Crippen molar-refractivity contribution in [2.75, 3.05) is 26.1 Å². The maximum atomic E-state index is 5.89. The number of methoxy groups -OCH3 is 1. The van der Waals surface area contributed by atoms with Crippen molar-refractivity contribution in [2.24, 2.45) is 0 Å². The largest absolute Gasteiger partial charge is 0.493 e. The zero-order valence-corrected chi connectivity index (χ0v) is 11.3. The minimum Gasteiger partial charge on any atom is -0.493 e. The molecule has 0 bridgehead atoms. The average Bonchev–Trinajstić information content (AvgIpc) is 3.11. The first-order valence-electron chi connectivity index (χ1n) is 6.50. The maximum Gasteiger partial charge on any atom is 0.161 e. The third-order valence-corrected chi connectivity index (χ3v) is 3.25. The number of aromatic nitrogens is 2. The van der Waals surface area contributed by atoms with Crippen LogP contribution in [0.2, 0.25) is 0 Å². The number of aromatic amines is 1. The van der Waals surface area contributed by atoms with Crippen LogP contribution >= 0.6 is 0 Å². The van der Waals surface area contributed by atoms with Gasteiger partial charge < -0.3 is 19.9 Å². The fourth-order valence-electron chi connectivity index (χ4n) is 2.20. The van der Waals surface area contributed by atoms with Crippen molar-refractivity contribution in [3.63, 3.8) is 0 Å². The zero-order chi connectivity index (χ0) is 13.9. The first kappa shape index (κ1) is 12.8. The van der Waals surface area contributed by atoms with Gasteiger partial charge in [0.15, 0.2) is 11.5 Å². The summed E-state index contributed by atoms with van der Waals surface area (Å²) in [4.78, 5) is 0. The number of ether oxygens (including phenoxy) is 3. The molecule has 1 saturated heterocycles. The van der Waals surface area contributed by atoms with Gasteiger partial charge in [-0.15, -0.1) is 0 Å². The van der Waals surface area contributed by atoms with Gasteiger partial charge in [0.25, 0.3) is 0 Å². The lowest BCUT2D eigenvalue weighted by Crippen LogP contribution is -2.16. The highest BCUT2D eigenvalue weighted by atomic mass is 16.6. The molecule has 1 aliphatic rings. The summed E-state index contributed by atoms with van der Waals surface area (Å²) in [5.41, 5.74) is 7.40. The zero-order valence-electron chi connectivity index (χ0n) is 11.3. The van der Waals surface area contributed by atoms with Crippen LogP contribution in [0, 0.1) is 0 Å². The number of hydrogen-bond acceptors (Lipinski definition) is 5. The summed E-state index contributed by atoms with van der Waals surface area (Å²) in [5.74, 6) is 1.87. The monoisotopic (exact) mass is 275 g/mol. The Morgan fingerprint density at radius 1 is 1.35 bits per heavy atom. The van der Waals surface area contributed by atoms with Crippen LogP contribution < -0.4 is 15.2 Å². The molecule has 6 nitrogen and oxygen atoms in total. The minimum atomic E-state index is 0.0950. The molecule has 3 N–H and O–H groups in total. The van der Waals surface area contributed by atoms with E-state index in [4.69, 9.17) is 19.9 Å². The molecule has 3 rings (SSSR count). The molecule has 6 heteroatoms. The number of hydrogen-bond donors (Lipinski definition) is 2. The first-order chi connectivity index (χ1) is 9.76. The molecule has 1 fully saturated rings. The van der Waals surface area contributed by atoms with E-state index in [0.29, 0.717) is 18.2 Å². The fourth-order valence-corrected chi connectivity index (χ4v) is 2.20. The fraction of sp³-hybridized carbons (Fsp3) is 0.357. The maximum absolute atomic E-state index is 5.89. The number of nitrogens with zero attached hydrogens (tertiary/aromatic N) is 1. The Morgan fingerprint density at radius 3 is 2.90 bits per heavy atom. The van der Waals surface area contributed by atoms with Gasteiger partial charge >= 0.3 is 0 Å². The lowest BCUT2D eigenvalue weighted by Gasteiger charge is -2.15. The van der Waals surface area contributed by atoms with Crippen molar-refractivity contribution in [1.82, 2.24) is 10.2 Å². The van der Waals surface area contributed by atoms with Crippen molar-refractivity contribution in [1.29, 1.82) is 0 Å². The van der Waals surface area contributed by atoms with Gasteiger partial charge in [-0.1, -0.05) is 0 Å². The van der Waals surface area contributed by atoms with E-state index < -0.39 is 0 Å². The van der Waals surface area contributed by atoms with Crippen LogP contribution in [0.1, 0.15) is 6.42 Å². The molecular weight excluding hydrogens is 258 g/mol. The van der Waals surface area contributed by atoms with E-state index in [1.54, 1.807) is 13.2 Å². The van der Waals surface area contributed by atoms with Crippen LogP contribution in [0.25, 0.3) is 11.3 Å². The van der Waals surface area contributed by atoms with Gasteiger partial charge in [0.2, 0.25) is 0 Å². The third kappa shape index (κ3) is 2.55. The molecule has 0 spiro atoms.